The highest BCUT2D eigenvalue weighted by Gasteiger charge is 2.30. The Morgan fingerprint density at radius 1 is 1.10 bits per heavy atom. The standard InChI is InChI=1S/C28H27ClF4N6O/c1-12(2)23-25(13(3)8-9-35-23)39-27-15(26(37-28(39)40)38-10-6-5-7-14(38)4)11-16(30)24(36-27)17-19(31)18(29)20(32)21(33)22(17)34/h8-9,11-12,14H,5-7,10,34H2,1-4H3/t14-/m0/s1. The van der Waals surface area contributed by atoms with Gasteiger partial charge in [-0.15, -0.1) is 0 Å². The van der Waals surface area contributed by atoms with Crippen LogP contribution in [-0.4, -0.2) is 32.1 Å². The summed E-state index contributed by atoms with van der Waals surface area (Å²) < 4.78 is 60.8. The maximum Gasteiger partial charge on any atom is 0.355 e. The predicted molar refractivity (Wildman–Crippen MR) is 147 cm³/mol. The van der Waals surface area contributed by atoms with E-state index in [1.54, 1.807) is 19.2 Å². The van der Waals surface area contributed by atoms with Gasteiger partial charge in [-0.1, -0.05) is 25.4 Å². The SMILES string of the molecule is Cc1ccnc(C(C)C)c1-n1c(=O)nc(N2CCCC[C@@H]2C)c2cc(F)c(-c3c(N)c(F)c(F)c(Cl)c3F)nc21. The molecule has 12 heteroatoms. The minimum atomic E-state index is -1.70. The summed E-state index contributed by atoms with van der Waals surface area (Å²) in [5.41, 5.74) is 3.96. The fourth-order valence-corrected chi connectivity index (χ4v) is 5.46. The summed E-state index contributed by atoms with van der Waals surface area (Å²) in [5.74, 6) is -5.79. The van der Waals surface area contributed by atoms with Gasteiger partial charge < -0.3 is 10.6 Å². The van der Waals surface area contributed by atoms with Gasteiger partial charge in [0.2, 0.25) is 0 Å². The number of halogens is 5. The van der Waals surface area contributed by atoms with Crippen molar-refractivity contribution in [3.05, 3.63) is 68.4 Å². The van der Waals surface area contributed by atoms with Gasteiger partial charge in [0, 0.05) is 18.8 Å². The Kier molecular flexibility index (Phi) is 7.20. The van der Waals surface area contributed by atoms with E-state index >= 15 is 8.78 Å². The number of piperidine rings is 1. The third-order valence-corrected chi connectivity index (χ3v) is 7.67. The lowest BCUT2D eigenvalue weighted by Crippen LogP contribution is -2.40. The van der Waals surface area contributed by atoms with Gasteiger partial charge in [-0.2, -0.15) is 4.98 Å². The largest absolute Gasteiger partial charge is 0.396 e. The Balaban J connectivity index is 1.95. The molecule has 0 aliphatic carbocycles. The van der Waals surface area contributed by atoms with Crippen LogP contribution in [-0.2, 0) is 0 Å². The summed E-state index contributed by atoms with van der Waals surface area (Å²) in [6.07, 6.45) is 4.29. The highest BCUT2D eigenvalue weighted by atomic mass is 35.5. The number of nitrogens with two attached hydrogens (primary N) is 1. The highest BCUT2D eigenvalue weighted by molar-refractivity contribution is 6.31. The van der Waals surface area contributed by atoms with Gasteiger partial charge in [0.25, 0.3) is 0 Å². The van der Waals surface area contributed by atoms with Gasteiger partial charge in [-0.3, -0.25) is 4.98 Å². The van der Waals surface area contributed by atoms with E-state index in [0.717, 1.165) is 25.3 Å². The van der Waals surface area contributed by atoms with Crippen LogP contribution in [0.1, 0.15) is 57.2 Å². The molecule has 1 saturated heterocycles. The number of nitrogens with zero attached hydrogens (tertiary/aromatic N) is 5. The molecule has 3 aromatic heterocycles. The second kappa shape index (κ2) is 10.3. The number of benzene rings is 1. The number of aryl methyl sites for hydroxylation is 1. The van der Waals surface area contributed by atoms with Crippen LogP contribution < -0.4 is 16.3 Å². The Morgan fingerprint density at radius 2 is 1.82 bits per heavy atom. The lowest BCUT2D eigenvalue weighted by molar-refractivity contribution is 0.481. The summed E-state index contributed by atoms with van der Waals surface area (Å²) in [6.45, 7) is 8.14. The number of hydrogen-bond acceptors (Lipinski definition) is 6. The fourth-order valence-electron chi connectivity index (χ4n) is 5.28. The van der Waals surface area contributed by atoms with Crippen molar-refractivity contribution in [2.75, 3.05) is 17.2 Å². The number of aromatic nitrogens is 4. The summed E-state index contributed by atoms with van der Waals surface area (Å²) in [4.78, 5) is 28.9. The molecule has 1 fully saturated rings. The van der Waals surface area contributed by atoms with Crippen molar-refractivity contribution in [1.82, 2.24) is 19.5 Å². The summed E-state index contributed by atoms with van der Waals surface area (Å²) in [7, 11) is 0. The lowest BCUT2D eigenvalue weighted by Gasteiger charge is -2.35. The fraction of sp³-hybridized carbons (Fsp3) is 0.357. The normalized spacial score (nSPS) is 15.8. The summed E-state index contributed by atoms with van der Waals surface area (Å²) in [6, 6.07) is 2.77. The van der Waals surface area contributed by atoms with E-state index in [9.17, 15) is 13.6 Å². The molecule has 0 unspecified atom stereocenters. The van der Waals surface area contributed by atoms with Crippen molar-refractivity contribution in [3.8, 4) is 16.9 Å². The van der Waals surface area contributed by atoms with E-state index in [-0.39, 0.29) is 28.8 Å². The number of pyridine rings is 2. The van der Waals surface area contributed by atoms with Crippen molar-refractivity contribution in [2.45, 2.75) is 58.9 Å². The maximum absolute atomic E-state index is 15.8. The molecule has 2 N–H and O–H groups in total. The molecule has 4 heterocycles. The molecule has 7 nitrogen and oxygen atoms in total. The Morgan fingerprint density at radius 3 is 2.50 bits per heavy atom. The smallest absolute Gasteiger partial charge is 0.355 e. The number of nitrogen functional groups attached to an aromatic ring is 1. The van der Waals surface area contributed by atoms with Crippen molar-refractivity contribution >= 4 is 34.1 Å². The first kappa shape index (κ1) is 27.8. The lowest BCUT2D eigenvalue weighted by atomic mass is 10.0. The molecule has 40 heavy (non-hydrogen) atoms. The molecule has 4 aromatic rings. The molecule has 1 aliphatic heterocycles. The Bertz CT molecular complexity index is 1700. The second-order valence-corrected chi connectivity index (χ2v) is 10.7. The van der Waals surface area contributed by atoms with E-state index in [0.29, 0.717) is 23.5 Å². The van der Waals surface area contributed by atoms with Gasteiger partial charge in [-0.25, -0.2) is 31.9 Å². The first-order chi connectivity index (χ1) is 18.9. The van der Waals surface area contributed by atoms with Crippen LogP contribution in [0.2, 0.25) is 5.02 Å². The summed E-state index contributed by atoms with van der Waals surface area (Å²) >= 11 is 5.68. The number of anilines is 2. The van der Waals surface area contributed by atoms with Gasteiger partial charge in [0.05, 0.1) is 28.0 Å². The van der Waals surface area contributed by atoms with Crippen LogP contribution in [0.15, 0.2) is 23.1 Å². The van der Waals surface area contributed by atoms with Gasteiger partial charge in [0.15, 0.2) is 28.9 Å². The first-order valence-corrected chi connectivity index (χ1v) is 13.3. The molecular formula is C28H27ClF4N6O. The predicted octanol–water partition coefficient (Wildman–Crippen LogP) is 6.45. The van der Waals surface area contributed by atoms with Gasteiger partial charge in [0.1, 0.15) is 16.5 Å². The van der Waals surface area contributed by atoms with Crippen LogP contribution >= 0.6 is 11.6 Å². The molecule has 0 bridgehead atoms. The molecule has 1 aromatic carbocycles. The molecule has 0 amide bonds. The van der Waals surface area contributed by atoms with Crippen molar-refractivity contribution in [1.29, 1.82) is 0 Å². The zero-order chi connectivity index (χ0) is 29.0. The number of fused-ring (bicyclic) bond motifs is 1. The van der Waals surface area contributed by atoms with E-state index in [1.165, 1.54) is 4.57 Å². The molecule has 0 radical (unpaired) electrons. The van der Waals surface area contributed by atoms with Crippen molar-refractivity contribution in [3.63, 3.8) is 0 Å². The third-order valence-electron chi connectivity index (χ3n) is 7.34. The van der Waals surface area contributed by atoms with Crippen LogP contribution in [0.25, 0.3) is 28.0 Å². The molecule has 0 spiro atoms. The summed E-state index contributed by atoms with van der Waals surface area (Å²) in [5, 5.41) is -1.01. The third kappa shape index (κ3) is 4.36. The van der Waals surface area contributed by atoms with Crippen molar-refractivity contribution in [2.24, 2.45) is 0 Å². The van der Waals surface area contributed by atoms with E-state index in [4.69, 9.17) is 17.3 Å². The quantitative estimate of drug-likeness (QED) is 0.130. The van der Waals surface area contributed by atoms with Crippen LogP contribution in [0.3, 0.4) is 0 Å². The molecule has 5 rings (SSSR count). The van der Waals surface area contributed by atoms with Gasteiger partial charge in [-0.05, 0) is 56.7 Å². The molecule has 0 saturated carbocycles. The minimum Gasteiger partial charge on any atom is -0.396 e. The number of hydrogen-bond donors (Lipinski definition) is 1. The first-order valence-electron chi connectivity index (χ1n) is 12.9. The van der Waals surface area contributed by atoms with E-state index in [2.05, 4.69) is 15.0 Å². The average Bonchev–Trinajstić information content (AvgIpc) is 2.92. The van der Waals surface area contributed by atoms with Crippen LogP contribution in [0.4, 0.5) is 29.1 Å². The monoisotopic (exact) mass is 574 g/mol. The maximum atomic E-state index is 15.8. The number of rotatable bonds is 4. The second-order valence-electron chi connectivity index (χ2n) is 10.3. The van der Waals surface area contributed by atoms with Gasteiger partial charge >= 0.3 is 5.69 Å². The van der Waals surface area contributed by atoms with E-state index in [1.807, 2.05) is 25.7 Å². The molecule has 1 aliphatic rings. The van der Waals surface area contributed by atoms with E-state index < -0.39 is 50.9 Å². The Labute approximate surface area is 232 Å². The zero-order valence-corrected chi connectivity index (χ0v) is 23.1. The average molecular weight is 575 g/mol. The van der Waals surface area contributed by atoms with Crippen LogP contribution in [0, 0.1) is 30.2 Å². The van der Waals surface area contributed by atoms with Crippen molar-refractivity contribution < 1.29 is 17.6 Å². The zero-order valence-electron chi connectivity index (χ0n) is 22.3. The minimum absolute atomic E-state index is 0.00637. The Hall–Kier alpha value is -3.73. The highest BCUT2D eigenvalue weighted by Crippen LogP contribution is 2.40. The van der Waals surface area contributed by atoms with Crippen LogP contribution in [0.5, 0.6) is 0 Å². The topological polar surface area (TPSA) is 89.9 Å². The molecular weight excluding hydrogens is 548 g/mol. The molecule has 1 atom stereocenters. The molecule has 210 valence electrons.